The van der Waals surface area contributed by atoms with Gasteiger partial charge in [0.15, 0.2) is 0 Å². The van der Waals surface area contributed by atoms with Crippen LogP contribution in [-0.2, 0) is 0 Å². The largest absolute Gasteiger partial charge is 0.308 e. The van der Waals surface area contributed by atoms with Crippen LogP contribution in [-0.4, -0.2) is 16.3 Å². The van der Waals surface area contributed by atoms with Crippen molar-refractivity contribution in [2.45, 2.75) is 32.9 Å². The summed E-state index contributed by atoms with van der Waals surface area (Å²) in [6, 6.07) is 13.2. The van der Waals surface area contributed by atoms with Gasteiger partial charge in [-0.25, -0.2) is 0 Å². The van der Waals surface area contributed by atoms with Gasteiger partial charge in [0, 0.05) is 12.4 Å². The lowest BCUT2D eigenvalue weighted by atomic mass is 9.91. The van der Waals surface area contributed by atoms with E-state index in [1.165, 1.54) is 5.56 Å². The van der Waals surface area contributed by atoms with Crippen molar-refractivity contribution < 1.29 is 0 Å². The second-order valence-electron chi connectivity index (χ2n) is 5.17. The third kappa shape index (κ3) is 3.24. The molecule has 102 valence electrons. The van der Waals surface area contributed by atoms with E-state index in [0.29, 0.717) is 12.0 Å². The molecule has 2 unspecified atom stereocenters. The minimum atomic E-state index is 0.283. The molecule has 19 heavy (non-hydrogen) atoms. The first-order valence-electron chi connectivity index (χ1n) is 7.01. The third-order valence-electron chi connectivity index (χ3n) is 3.44. The number of hydrogen-bond acceptors (Lipinski definition) is 2. The normalized spacial score (nSPS) is 14.5. The summed E-state index contributed by atoms with van der Waals surface area (Å²) in [5.41, 5.74) is 1.32. The second-order valence-corrected chi connectivity index (χ2v) is 5.17. The van der Waals surface area contributed by atoms with Crippen molar-refractivity contribution in [2.24, 2.45) is 5.92 Å². The lowest BCUT2D eigenvalue weighted by Gasteiger charge is -2.31. The van der Waals surface area contributed by atoms with Gasteiger partial charge < -0.3 is 5.32 Å². The molecule has 2 atom stereocenters. The molecule has 0 aliphatic carbocycles. The Morgan fingerprint density at radius 1 is 1.16 bits per heavy atom. The maximum absolute atomic E-state index is 4.44. The van der Waals surface area contributed by atoms with E-state index in [9.17, 15) is 0 Å². The molecular formula is C16H23N3. The molecular weight excluding hydrogens is 234 g/mol. The number of aromatic nitrogens is 2. The van der Waals surface area contributed by atoms with Gasteiger partial charge in [0.25, 0.3) is 0 Å². The third-order valence-corrected chi connectivity index (χ3v) is 3.44. The highest BCUT2D eigenvalue weighted by atomic mass is 15.3. The predicted octanol–water partition coefficient (Wildman–Crippen LogP) is 3.43. The molecule has 1 aromatic carbocycles. The minimum Gasteiger partial charge on any atom is -0.308 e. The molecule has 3 heteroatoms. The maximum atomic E-state index is 4.44. The highest BCUT2D eigenvalue weighted by molar-refractivity contribution is 5.20. The first kappa shape index (κ1) is 13.8. The van der Waals surface area contributed by atoms with Crippen LogP contribution in [0.5, 0.6) is 0 Å². The Hall–Kier alpha value is -1.61. The summed E-state index contributed by atoms with van der Waals surface area (Å²) in [5, 5.41) is 8.05. The Bertz CT molecular complexity index is 462. The fraction of sp³-hybridized carbons (Fsp3) is 0.438. The van der Waals surface area contributed by atoms with Gasteiger partial charge in [-0.3, -0.25) is 4.68 Å². The summed E-state index contributed by atoms with van der Waals surface area (Å²) in [4.78, 5) is 0. The van der Waals surface area contributed by atoms with Gasteiger partial charge in [0.2, 0.25) is 0 Å². The summed E-state index contributed by atoms with van der Waals surface area (Å²) < 4.78 is 2.07. The van der Waals surface area contributed by atoms with Crippen LogP contribution in [0.1, 0.15) is 38.4 Å². The summed E-state index contributed by atoms with van der Waals surface area (Å²) in [6.45, 7) is 7.60. The van der Waals surface area contributed by atoms with E-state index in [2.05, 4.69) is 72.4 Å². The average Bonchev–Trinajstić information content (AvgIpc) is 2.92. The van der Waals surface area contributed by atoms with E-state index in [-0.39, 0.29) is 6.04 Å². The Morgan fingerprint density at radius 2 is 1.89 bits per heavy atom. The van der Waals surface area contributed by atoms with E-state index in [4.69, 9.17) is 0 Å². The van der Waals surface area contributed by atoms with Gasteiger partial charge in [-0.1, -0.05) is 51.1 Å². The van der Waals surface area contributed by atoms with Gasteiger partial charge in [0.05, 0.1) is 12.1 Å². The van der Waals surface area contributed by atoms with Crippen LogP contribution in [0.3, 0.4) is 0 Å². The highest BCUT2D eigenvalue weighted by Gasteiger charge is 2.27. The zero-order valence-electron chi connectivity index (χ0n) is 12.0. The van der Waals surface area contributed by atoms with Gasteiger partial charge in [0.1, 0.15) is 0 Å². The number of nitrogens with one attached hydrogen (secondary N) is 1. The van der Waals surface area contributed by atoms with Crippen LogP contribution in [0.2, 0.25) is 0 Å². The highest BCUT2D eigenvalue weighted by Crippen LogP contribution is 2.31. The lowest BCUT2D eigenvalue weighted by molar-refractivity contribution is 0.261. The zero-order valence-corrected chi connectivity index (χ0v) is 12.0. The van der Waals surface area contributed by atoms with Crippen molar-refractivity contribution >= 4 is 0 Å². The summed E-state index contributed by atoms with van der Waals surface area (Å²) in [6.07, 6.45) is 3.90. The molecule has 1 aromatic heterocycles. The van der Waals surface area contributed by atoms with Crippen LogP contribution in [0.25, 0.3) is 0 Å². The second kappa shape index (κ2) is 6.53. The van der Waals surface area contributed by atoms with Crippen molar-refractivity contribution in [1.82, 2.24) is 15.1 Å². The Kier molecular flexibility index (Phi) is 4.74. The van der Waals surface area contributed by atoms with Crippen LogP contribution >= 0.6 is 0 Å². The molecule has 0 saturated carbocycles. The minimum absolute atomic E-state index is 0.283. The number of nitrogens with zero attached hydrogens (tertiary/aromatic N) is 2. The Balaban J connectivity index is 2.35. The predicted molar refractivity (Wildman–Crippen MR) is 79.0 cm³/mol. The molecule has 0 amide bonds. The van der Waals surface area contributed by atoms with Gasteiger partial charge >= 0.3 is 0 Å². The smallest absolute Gasteiger partial charge is 0.0736 e. The van der Waals surface area contributed by atoms with Crippen LogP contribution in [0.15, 0.2) is 48.8 Å². The first-order chi connectivity index (χ1) is 9.24. The average molecular weight is 257 g/mol. The zero-order chi connectivity index (χ0) is 13.7. The number of rotatable bonds is 6. The molecule has 2 rings (SSSR count). The molecule has 0 aliphatic heterocycles. The van der Waals surface area contributed by atoms with Crippen molar-refractivity contribution in [2.75, 3.05) is 6.54 Å². The number of hydrogen-bond donors (Lipinski definition) is 1. The molecule has 0 spiro atoms. The fourth-order valence-electron chi connectivity index (χ4n) is 2.62. The first-order valence-corrected chi connectivity index (χ1v) is 7.01. The van der Waals surface area contributed by atoms with Crippen LogP contribution in [0.4, 0.5) is 0 Å². The fourth-order valence-corrected chi connectivity index (χ4v) is 2.62. The summed E-state index contributed by atoms with van der Waals surface area (Å²) in [5.74, 6) is 0.504. The SMILES string of the molecule is CCNC(c1ccccc1)C(C(C)C)n1cccn1. The Morgan fingerprint density at radius 3 is 2.42 bits per heavy atom. The summed E-state index contributed by atoms with van der Waals surface area (Å²) in [7, 11) is 0. The van der Waals surface area contributed by atoms with E-state index < -0.39 is 0 Å². The molecule has 1 heterocycles. The van der Waals surface area contributed by atoms with E-state index in [1.54, 1.807) is 0 Å². The van der Waals surface area contributed by atoms with Crippen molar-refractivity contribution in [3.05, 3.63) is 54.4 Å². The monoisotopic (exact) mass is 257 g/mol. The van der Waals surface area contributed by atoms with Crippen LogP contribution < -0.4 is 5.32 Å². The molecule has 0 radical (unpaired) electrons. The van der Waals surface area contributed by atoms with Gasteiger partial charge in [-0.05, 0) is 24.1 Å². The van der Waals surface area contributed by atoms with Crippen molar-refractivity contribution in [1.29, 1.82) is 0 Å². The molecule has 0 aliphatic rings. The molecule has 0 bridgehead atoms. The lowest BCUT2D eigenvalue weighted by Crippen LogP contribution is -2.33. The maximum Gasteiger partial charge on any atom is 0.0736 e. The van der Waals surface area contributed by atoms with Crippen LogP contribution in [0, 0.1) is 5.92 Å². The van der Waals surface area contributed by atoms with Gasteiger partial charge in [-0.15, -0.1) is 0 Å². The van der Waals surface area contributed by atoms with E-state index in [0.717, 1.165) is 6.54 Å². The van der Waals surface area contributed by atoms with Crippen molar-refractivity contribution in [3.8, 4) is 0 Å². The number of likely N-dealkylation sites (N-methyl/N-ethyl adjacent to an activating group) is 1. The molecule has 2 aromatic rings. The molecule has 0 saturated heterocycles. The molecule has 1 N–H and O–H groups in total. The summed E-state index contributed by atoms with van der Waals surface area (Å²) >= 11 is 0. The van der Waals surface area contributed by atoms with E-state index >= 15 is 0 Å². The topological polar surface area (TPSA) is 29.9 Å². The van der Waals surface area contributed by atoms with E-state index in [1.807, 2.05) is 12.3 Å². The molecule has 3 nitrogen and oxygen atoms in total. The quantitative estimate of drug-likeness (QED) is 0.859. The standard InChI is InChI=1S/C16H23N3/c1-4-17-15(14-9-6-5-7-10-14)16(13(2)3)19-12-8-11-18-19/h5-13,15-17H,4H2,1-3H3. The molecule has 0 fully saturated rings. The number of benzene rings is 1. The van der Waals surface area contributed by atoms with Gasteiger partial charge in [-0.2, -0.15) is 5.10 Å². The van der Waals surface area contributed by atoms with Crippen molar-refractivity contribution in [3.63, 3.8) is 0 Å². The Labute approximate surface area is 115 Å².